The summed E-state index contributed by atoms with van der Waals surface area (Å²) >= 11 is 13.0. The van der Waals surface area contributed by atoms with Crippen LogP contribution >= 0.6 is 23.2 Å². The van der Waals surface area contributed by atoms with Crippen molar-refractivity contribution in [2.45, 2.75) is 37.5 Å². The largest absolute Gasteiger partial charge is 0.436 e. The van der Waals surface area contributed by atoms with E-state index in [0.29, 0.717) is 37.3 Å². The predicted octanol–water partition coefficient (Wildman–Crippen LogP) is 9.69. The van der Waals surface area contributed by atoms with Crippen LogP contribution in [0.25, 0.3) is 22.5 Å². The normalized spacial score (nSPS) is 16.6. The lowest BCUT2D eigenvalue weighted by Crippen LogP contribution is -2.61. The highest BCUT2D eigenvalue weighted by molar-refractivity contribution is 6.34. The summed E-state index contributed by atoms with van der Waals surface area (Å²) in [5.74, 6) is -1.35. The fourth-order valence-electron chi connectivity index (χ4n) is 8.46. The van der Waals surface area contributed by atoms with Crippen molar-refractivity contribution in [1.29, 1.82) is 0 Å². The lowest BCUT2D eigenvalue weighted by Gasteiger charge is -2.43. The number of nitrogens with zero attached hydrogens (tertiary/aromatic N) is 8. The third kappa shape index (κ3) is 9.62. The highest BCUT2D eigenvalue weighted by Gasteiger charge is 2.44. The lowest BCUT2D eigenvalue weighted by atomic mass is 9.99. The van der Waals surface area contributed by atoms with E-state index in [1.807, 2.05) is 19.6 Å². The topological polar surface area (TPSA) is 65.7 Å². The van der Waals surface area contributed by atoms with Gasteiger partial charge in [-0.3, -0.25) is 24.0 Å². The van der Waals surface area contributed by atoms with Gasteiger partial charge in [-0.2, -0.15) is 36.5 Å². The van der Waals surface area contributed by atoms with Crippen molar-refractivity contribution >= 4 is 40.4 Å². The molecule has 0 saturated carbocycles. The van der Waals surface area contributed by atoms with Gasteiger partial charge in [-0.15, -0.1) is 0 Å². The molecule has 2 aromatic heterocycles. The van der Waals surface area contributed by atoms with E-state index in [0.717, 1.165) is 20.7 Å². The number of aromatic nitrogens is 4. The quantitative estimate of drug-likeness (QED) is 0.113. The molecule has 0 aliphatic carbocycles. The first-order valence-electron chi connectivity index (χ1n) is 20.4. The Morgan fingerprint density at radius 3 is 1.16 bits per heavy atom. The van der Waals surface area contributed by atoms with Crippen LogP contribution in [0.15, 0.2) is 109 Å². The van der Waals surface area contributed by atoms with Crippen molar-refractivity contribution in [3.63, 3.8) is 0 Å². The molecule has 4 heterocycles. The number of carbonyl (C=O) groups is 1. The number of ketones is 1. The van der Waals surface area contributed by atoms with E-state index in [-0.39, 0.29) is 37.6 Å². The molecule has 64 heavy (non-hydrogen) atoms. The number of piperazine rings is 2. The van der Waals surface area contributed by atoms with Gasteiger partial charge in [0.1, 0.15) is 11.6 Å². The van der Waals surface area contributed by atoms with Crippen molar-refractivity contribution in [1.82, 2.24) is 29.4 Å². The van der Waals surface area contributed by atoms with Gasteiger partial charge in [0.05, 0.1) is 46.6 Å². The highest BCUT2D eigenvalue weighted by atomic mass is 35.5. The second-order valence-corrected chi connectivity index (χ2v) is 16.3. The van der Waals surface area contributed by atoms with E-state index < -0.39 is 76.4 Å². The Balaban J connectivity index is 1.22. The summed E-state index contributed by atoms with van der Waals surface area (Å²) in [7, 11) is 0. The van der Waals surface area contributed by atoms with Crippen LogP contribution in [-0.2, 0) is 30.2 Å². The monoisotopic (exact) mass is 930 g/mol. The molecule has 19 heteroatoms. The molecule has 2 saturated heterocycles. The van der Waals surface area contributed by atoms with Crippen molar-refractivity contribution in [2.75, 3.05) is 62.2 Å². The second kappa shape index (κ2) is 18.5. The minimum Gasteiger partial charge on any atom is -0.369 e. The number of benzene rings is 4. The van der Waals surface area contributed by atoms with Gasteiger partial charge in [0.2, 0.25) is 0 Å². The van der Waals surface area contributed by atoms with Gasteiger partial charge >= 0.3 is 12.4 Å². The first-order valence-corrected chi connectivity index (χ1v) is 21.1. The van der Waals surface area contributed by atoms with E-state index in [4.69, 9.17) is 23.2 Å². The van der Waals surface area contributed by atoms with Crippen LogP contribution in [-0.4, -0.2) is 99.6 Å². The molecule has 2 aliphatic rings. The third-order valence-electron chi connectivity index (χ3n) is 11.7. The van der Waals surface area contributed by atoms with Crippen LogP contribution in [0.1, 0.15) is 11.4 Å². The molecule has 9 nitrogen and oxygen atoms in total. The maximum atomic E-state index is 15.7. The summed E-state index contributed by atoms with van der Waals surface area (Å²) in [6.07, 6.45) is -9.91. The Kier molecular flexibility index (Phi) is 13.1. The maximum Gasteiger partial charge on any atom is 0.436 e. The van der Waals surface area contributed by atoms with Crippen LogP contribution in [0.5, 0.6) is 0 Å². The zero-order valence-electron chi connectivity index (χ0n) is 33.9. The average Bonchev–Trinajstić information content (AvgIpc) is 3.81. The van der Waals surface area contributed by atoms with Gasteiger partial charge < -0.3 is 9.80 Å². The van der Waals surface area contributed by atoms with Gasteiger partial charge in [0, 0.05) is 74.9 Å². The fourth-order valence-corrected chi connectivity index (χ4v) is 9.16. The van der Waals surface area contributed by atoms with Crippen LogP contribution < -0.4 is 9.80 Å². The molecular weight excluding hydrogens is 891 g/mol. The molecule has 0 spiro atoms. The standard InChI is InChI=1S/C45H40Cl2F8N8O/c46-37-39(29-7-3-1-4-8-29)62(56-42(37)44(50,51)52)27-35(60-23-19-58(20-24-60)33-15-11-31(48)12-16-33)41(64)36(61-25-21-59(22-26-61)34-17-13-32(49)14-18-34)28-63-40(30-9-5-2-6-10-30)38(47)43(57-63)45(53,54)55/h1-18,35-36H,19-28H2. The number of hydrogen-bond acceptors (Lipinski definition) is 7. The highest BCUT2D eigenvalue weighted by Crippen LogP contribution is 2.42. The number of hydrogen-bond donors (Lipinski definition) is 0. The van der Waals surface area contributed by atoms with Crippen LogP contribution in [0, 0.1) is 11.6 Å². The van der Waals surface area contributed by atoms with E-state index in [1.165, 1.54) is 24.3 Å². The van der Waals surface area contributed by atoms with Gasteiger partial charge in [-0.1, -0.05) is 83.9 Å². The average molecular weight is 932 g/mol. The van der Waals surface area contributed by atoms with E-state index in [2.05, 4.69) is 10.2 Å². The molecule has 336 valence electrons. The van der Waals surface area contributed by atoms with Gasteiger partial charge in [-0.05, 0) is 48.5 Å². The van der Waals surface area contributed by atoms with Gasteiger partial charge in [0.25, 0.3) is 0 Å². The van der Waals surface area contributed by atoms with Crippen LogP contribution in [0.4, 0.5) is 46.5 Å². The Morgan fingerprint density at radius 2 is 0.844 bits per heavy atom. The molecule has 0 amide bonds. The summed E-state index contributed by atoms with van der Waals surface area (Å²) in [6.45, 7) is 1.44. The Morgan fingerprint density at radius 1 is 0.516 bits per heavy atom. The first-order chi connectivity index (χ1) is 30.6. The Bertz CT molecular complexity index is 2360. The molecule has 4 aromatic carbocycles. The molecule has 6 aromatic rings. The van der Waals surface area contributed by atoms with Gasteiger partial charge in [-0.25, -0.2) is 8.78 Å². The molecule has 0 N–H and O–H groups in total. The van der Waals surface area contributed by atoms with Crippen molar-refractivity contribution < 1.29 is 39.9 Å². The summed E-state index contributed by atoms with van der Waals surface area (Å²) in [5.41, 5.74) is -0.733. The summed E-state index contributed by atoms with van der Waals surface area (Å²) in [6, 6.07) is 25.6. The number of carbonyl (C=O) groups excluding carboxylic acids is 1. The lowest BCUT2D eigenvalue weighted by molar-refractivity contribution is -0.142. The number of halogens is 10. The second-order valence-electron chi connectivity index (χ2n) is 15.5. The van der Waals surface area contributed by atoms with Crippen molar-refractivity contribution in [2.24, 2.45) is 0 Å². The van der Waals surface area contributed by atoms with Crippen molar-refractivity contribution in [3.05, 3.63) is 142 Å². The Labute approximate surface area is 373 Å². The molecule has 0 bridgehead atoms. The zero-order chi connectivity index (χ0) is 45.3. The minimum atomic E-state index is -4.96. The molecule has 2 fully saturated rings. The van der Waals surface area contributed by atoms with Crippen molar-refractivity contribution in [3.8, 4) is 22.5 Å². The van der Waals surface area contributed by atoms with Gasteiger partial charge in [0.15, 0.2) is 17.2 Å². The number of anilines is 2. The number of alkyl halides is 6. The maximum absolute atomic E-state index is 15.7. The first kappa shape index (κ1) is 45.1. The third-order valence-corrected chi connectivity index (χ3v) is 12.4. The molecule has 2 atom stereocenters. The molecule has 2 aliphatic heterocycles. The van der Waals surface area contributed by atoms with E-state index >= 15 is 4.79 Å². The summed E-state index contributed by atoms with van der Waals surface area (Å²) in [5, 5.41) is 6.64. The fraction of sp³-hybridized carbons (Fsp3) is 0.311. The minimum absolute atomic E-state index is 0.0677. The smallest absolute Gasteiger partial charge is 0.369 e. The molecule has 0 radical (unpaired) electrons. The zero-order valence-corrected chi connectivity index (χ0v) is 35.4. The predicted molar refractivity (Wildman–Crippen MR) is 228 cm³/mol. The summed E-state index contributed by atoms with van der Waals surface area (Å²) < 4.78 is 117. The molecular formula is C45H40Cl2F8N8O. The molecule has 8 rings (SSSR count). The Hall–Kier alpha value is -5.49. The van der Waals surface area contributed by atoms with E-state index in [1.54, 1.807) is 84.9 Å². The number of rotatable bonds is 12. The summed E-state index contributed by atoms with van der Waals surface area (Å²) in [4.78, 5) is 23.4. The van der Waals surface area contributed by atoms with Crippen LogP contribution in [0.2, 0.25) is 10.0 Å². The van der Waals surface area contributed by atoms with E-state index in [9.17, 15) is 35.1 Å². The SMILES string of the molecule is O=C(C(Cn1nc(C(F)(F)F)c(Cl)c1-c1ccccc1)N1CCN(c2ccc(F)cc2)CC1)C(Cn1nc(C(F)(F)F)c(Cl)c1-c1ccccc1)N1CCN(c2ccc(F)cc2)CC1. The molecule has 2 unspecified atom stereocenters. The number of Topliss-reactive ketones (excluding diaryl/α,β-unsaturated/α-hetero) is 1. The van der Waals surface area contributed by atoms with Crippen LogP contribution in [0.3, 0.4) is 0 Å².